The molecule has 0 bridgehead atoms. The Bertz CT molecular complexity index is 3120. The molecule has 6 aromatic carbocycles. The van der Waals surface area contributed by atoms with Crippen molar-refractivity contribution in [1.82, 2.24) is 0 Å². The third-order valence-corrected chi connectivity index (χ3v) is 15.6. The number of carbonyl (C=O) groups excluding carboxylic acids is 4. The number of carbonyl (C=O) groups is 4. The van der Waals surface area contributed by atoms with Gasteiger partial charge in [-0.1, -0.05) is 103 Å². The smallest absolute Gasteiger partial charge is 0.343 e. The molecule has 0 fully saturated rings. The summed E-state index contributed by atoms with van der Waals surface area (Å²) in [5.74, 6) is -0.864. The molecule has 4 aliphatic rings. The van der Waals surface area contributed by atoms with E-state index in [1.54, 1.807) is 42.5 Å². The molecule has 8 nitrogen and oxygen atoms in total. The highest BCUT2D eigenvalue weighted by atomic mass is 16.5. The summed E-state index contributed by atoms with van der Waals surface area (Å²) in [6.45, 7) is 20.4. The molecule has 0 amide bonds. The van der Waals surface area contributed by atoms with Crippen LogP contribution in [0.15, 0.2) is 121 Å². The second-order valence-electron chi connectivity index (χ2n) is 22.4. The van der Waals surface area contributed by atoms with Gasteiger partial charge in [-0.05, 0) is 178 Å². The van der Waals surface area contributed by atoms with E-state index in [2.05, 4.69) is 98.7 Å². The first kappa shape index (κ1) is 45.0. The van der Waals surface area contributed by atoms with Gasteiger partial charge in [-0.15, -0.1) is 0 Å². The van der Waals surface area contributed by atoms with Gasteiger partial charge in [-0.25, -0.2) is 19.2 Å². The first-order valence-corrected chi connectivity index (χ1v) is 23.6. The summed E-state index contributed by atoms with van der Waals surface area (Å²) in [5.41, 5.74) is 11.0. The highest BCUT2D eigenvalue weighted by Gasteiger charge is 2.58. The van der Waals surface area contributed by atoms with Gasteiger partial charge in [0.05, 0.1) is 29.4 Å². The lowest BCUT2D eigenvalue weighted by Gasteiger charge is -2.30. The summed E-state index contributed by atoms with van der Waals surface area (Å²) < 4.78 is 23.0. The first-order chi connectivity index (χ1) is 32.1. The summed E-state index contributed by atoms with van der Waals surface area (Å²) >= 11 is 0. The molecule has 0 radical (unpaired) electrons. The van der Waals surface area contributed by atoms with Gasteiger partial charge in [0.2, 0.25) is 0 Å². The number of rotatable bonds is 7. The standard InChI is InChI=1S/C60H58O8/c1-35-14-22-43-47(26-35)59(31-55(43,2)3)32-56(4,5)44-23-19-40(28-48(44)59)66-52(62)36-15-17-37(18-16-36)53(63)67-41-20-24-45-49(29-41)60(33-57(45,6)7)34-58(8,9)46-25-21-42(30-50(46)60)68-54(64)39-13-11-12-38(27-39)51(61)65-10/h11-30H,31-34H2,1-10H3. The number of methoxy groups -OCH3 is 1. The Labute approximate surface area is 399 Å². The quantitative estimate of drug-likeness (QED) is 0.115. The fraction of sp³-hybridized carbons (Fsp3) is 0.333. The van der Waals surface area contributed by atoms with E-state index in [0.717, 1.165) is 42.4 Å². The lowest BCUT2D eigenvalue weighted by atomic mass is 9.72. The molecule has 0 aromatic heterocycles. The molecular formula is C60H58O8. The summed E-state index contributed by atoms with van der Waals surface area (Å²) in [5, 5.41) is 0. The normalized spacial score (nSPS) is 21.4. The molecule has 0 heterocycles. The van der Waals surface area contributed by atoms with Gasteiger partial charge < -0.3 is 18.9 Å². The minimum absolute atomic E-state index is 0.00481. The fourth-order valence-corrected chi connectivity index (χ4v) is 13.1. The molecule has 2 atom stereocenters. The molecule has 10 rings (SSSR count). The number of hydrogen-bond donors (Lipinski definition) is 0. The molecule has 0 saturated heterocycles. The number of aryl methyl sites for hydroxylation is 1. The van der Waals surface area contributed by atoms with Crippen LogP contribution in [0.1, 0.15) is 173 Å². The number of esters is 4. The van der Waals surface area contributed by atoms with Gasteiger partial charge >= 0.3 is 23.9 Å². The van der Waals surface area contributed by atoms with Crippen LogP contribution in [-0.4, -0.2) is 31.0 Å². The topological polar surface area (TPSA) is 105 Å². The van der Waals surface area contributed by atoms with Crippen molar-refractivity contribution in [2.75, 3.05) is 7.11 Å². The average molecular weight is 907 g/mol. The molecule has 68 heavy (non-hydrogen) atoms. The van der Waals surface area contributed by atoms with Crippen LogP contribution in [0, 0.1) is 6.92 Å². The Morgan fingerprint density at radius 3 is 1.06 bits per heavy atom. The van der Waals surface area contributed by atoms with Crippen molar-refractivity contribution in [1.29, 1.82) is 0 Å². The minimum atomic E-state index is -0.584. The zero-order chi connectivity index (χ0) is 48.3. The van der Waals surface area contributed by atoms with Crippen molar-refractivity contribution in [3.05, 3.63) is 194 Å². The van der Waals surface area contributed by atoms with Crippen molar-refractivity contribution in [2.24, 2.45) is 0 Å². The second kappa shape index (κ2) is 15.4. The summed E-state index contributed by atoms with van der Waals surface area (Å²) in [6, 6.07) is 37.4. The average Bonchev–Trinajstić information content (AvgIpc) is 3.85. The molecular weight excluding hydrogens is 849 g/mol. The predicted octanol–water partition coefficient (Wildman–Crippen LogP) is 12.7. The molecule has 346 valence electrons. The maximum atomic E-state index is 13.8. The Morgan fingerprint density at radius 1 is 0.368 bits per heavy atom. The van der Waals surface area contributed by atoms with E-state index in [4.69, 9.17) is 18.9 Å². The minimum Gasteiger partial charge on any atom is -0.465 e. The van der Waals surface area contributed by atoms with Crippen LogP contribution in [0.25, 0.3) is 0 Å². The van der Waals surface area contributed by atoms with Crippen LogP contribution in [0.4, 0.5) is 0 Å². The van der Waals surface area contributed by atoms with Crippen molar-refractivity contribution in [2.45, 2.75) is 120 Å². The van der Waals surface area contributed by atoms with Crippen molar-refractivity contribution >= 4 is 23.9 Å². The van der Waals surface area contributed by atoms with Gasteiger partial charge in [0, 0.05) is 10.8 Å². The summed E-state index contributed by atoms with van der Waals surface area (Å²) in [6.07, 6.45) is 3.57. The Kier molecular flexibility index (Phi) is 10.2. The molecule has 4 aliphatic carbocycles. The SMILES string of the molecule is COC(=O)c1cccc(C(=O)Oc2ccc3c(c2)C2(CC(C)(C)c4ccc(OC(=O)c5ccc(C(=O)Oc6ccc7c(c6)C6(CC(C)(C)c8ccc(C)cc86)CC7(C)C)cc5)cc42)CC3(C)C)c1. The maximum absolute atomic E-state index is 13.8. The molecule has 0 saturated carbocycles. The molecule has 6 aromatic rings. The third-order valence-electron chi connectivity index (χ3n) is 15.6. The van der Waals surface area contributed by atoms with Crippen LogP contribution in [0.5, 0.6) is 17.2 Å². The number of fused-ring (bicyclic) bond motifs is 8. The van der Waals surface area contributed by atoms with E-state index in [9.17, 15) is 19.2 Å². The largest absolute Gasteiger partial charge is 0.465 e. The van der Waals surface area contributed by atoms with E-state index in [0.29, 0.717) is 28.4 Å². The van der Waals surface area contributed by atoms with Crippen molar-refractivity contribution in [3.8, 4) is 17.2 Å². The lowest BCUT2D eigenvalue weighted by molar-refractivity contribution is 0.0599. The first-order valence-electron chi connectivity index (χ1n) is 23.6. The monoisotopic (exact) mass is 906 g/mol. The second-order valence-corrected chi connectivity index (χ2v) is 22.4. The summed E-state index contributed by atoms with van der Waals surface area (Å²) in [4.78, 5) is 53.1. The Balaban J connectivity index is 0.879. The zero-order valence-corrected chi connectivity index (χ0v) is 40.6. The van der Waals surface area contributed by atoms with E-state index >= 15 is 0 Å². The van der Waals surface area contributed by atoms with Crippen LogP contribution >= 0.6 is 0 Å². The third kappa shape index (κ3) is 7.17. The number of hydrogen-bond acceptors (Lipinski definition) is 8. The van der Waals surface area contributed by atoms with E-state index < -0.39 is 29.3 Å². The predicted molar refractivity (Wildman–Crippen MR) is 262 cm³/mol. The molecule has 8 heteroatoms. The van der Waals surface area contributed by atoms with Crippen molar-refractivity contribution in [3.63, 3.8) is 0 Å². The van der Waals surface area contributed by atoms with Crippen LogP contribution in [0.3, 0.4) is 0 Å². The zero-order valence-electron chi connectivity index (χ0n) is 40.6. The maximum Gasteiger partial charge on any atom is 0.343 e. The summed E-state index contributed by atoms with van der Waals surface area (Å²) in [7, 11) is 1.30. The highest BCUT2D eigenvalue weighted by molar-refractivity contribution is 5.96. The Morgan fingerprint density at radius 2 is 0.691 bits per heavy atom. The molecule has 2 spiro atoms. The molecule has 0 aliphatic heterocycles. The van der Waals surface area contributed by atoms with Crippen LogP contribution in [-0.2, 0) is 37.2 Å². The van der Waals surface area contributed by atoms with E-state index in [1.165, 1.54) is 46.6 Å². The van der Waals surface area contributed by atoms with Crippen molar-refractivity contribution < 1.29 is 38.1 Å². The van der Waals surface area contributed by atoms with E-state index in [-0.39, 0.29) is 38.2 Å². The van der Waals surface area contributed by atoms with Gasteiger partial charge in [-0.2, -0.15) is 0 Å². The van der Waals surface area contributed by atoms with Gasteiger partial charge in [-0.3, -0.25) is 0 Å². The number of benzene rings is 6. The molecule has 2 unspecified atom stereocenters. The molecule has 0 N–H and O–H groups in total. The van der Waals surface area contributed by atoms with Crippen LogP contribution < -0.4 is 14.2 Å². The van der Waals surface area contributed by atoms with Crippen LogP contribution in [0.2, 0.25) is 0 Å². The van der Waals surface area contributed by atoms with Gasteiger partial charge in [0.1, 0.15) is 17.2 Å². The highest BCUT2D eigenvalue weighted by Crippen LogP contribution is 2.65. The van der Waals surface area contributed by atoms with Gasteiger partial charge in [0.15, 0.2) is 0 Å². The lowest BCUT2D eigenvalue weighted by Crippen LogP contribution is -2.27. The Hall–Kier alpha value is -6.80. The number of ether oxygens (including phenoxy) is 4. The fourth-order valence-electron chi connectivity index (χ4n) is 13.1. The van der Waals surface area contributed by atoms with E-state index in [1.807, 2.05) is 36.4 Å². The van der Waals surface area contributed by atoms with Gasteiger partial charge in [0.25, 0.3) is 0 Å².